The van der Waals surface area contributed by atoms with Gasteiger partial charge in [-0.15, -0.1) is 0 Å². The Morgan fingerprint density at radius 1 is 1.23 bits per heavy atom. The average Bonchev–Trinajstić information content (AvgIpc) is 2.26. The Bertz CT molecular complexity index is 467. The minimum atomic E-state index is -0.567. The summed E-state index contributed by atoms with van der Waals surface area (Å²) in [7, 11) is 3.79. The highest BCUT2D eigenvalue weighted by Gasteiger charge is 2.44. The molecule has 1 aliphatic heterocycles. The van der Waals surface area contributed by atoms with Crippen molar-refractivity contribution in [3.8, 4) is 0 Å². The summed E-state index contributed by atoms with van der Waals surface area (Å²) in [5.41, 5.74) is -0.146. The first-order valence-electron chi connectivity index (χ1n) is 7.74. The lowest BCUT2D eigenvalue weighted by Crippen LogP contribution is -2.56. The van der Waals surface area contributed by atoms with Crippen molar-refractivity contribution in [3.63, 3.8) is 0 Å². The van der Waals surface area contributed by atoms with Crippen molar-refractivity contribution in [2.75, 3.05) is 20.6 Å². The molecule has 1 rings (SSSR count). The monoisotopic (exact) mass is 310 g/mol. The van der Waals surface area contributed by atoms with Gasteiger partial charge in [0.2, 0.25) is 0 Å². The fourth-order valence-corrected chi connectivity index (χ4v) is 2.63. The van der Waals surface area contributed by atoms with E-state index in [0.717, 1.165) is 5.57 Å². The first kappa shape index (κ1) is 18.5. The number of ketones is 1. The van der Waals surface area contributed by atoms with Gasteiger partial charge in [-0.1, -0.05) is 20.8 Å². The summed E-state index contributed by atoms with van der Waals surface area (Å²) in [6.07, 6.45) is 2.00. The van der Waals surface area contributed by atoms with Gasteiger partial charge >= 0.3 is 6.09 Å². The molecule has 0 aromatic carbocycles. The van der Waals surface area contributed by atoms with Crippen molar-refractivity contribution in [2.24, 2.45) is 5.41 Å². The molecule has 0 aromatic heterocycles. The molecule has 5 nitrogen and oxygen atoms in total. The Kier molecular flexibility index (Phi) is 5.31. The van der Waals surface area contributed by atoms with Crippen LogP contribution >= 0.6 is 0 Å². The zero-order valence-corrected chi connectivity index (χ0v) is 15.2. The minimum absolute atomic E-state index is 0.0123. The number of Topliss-reactive ketones (excluding diaryl/α,β-unsaturated/α-hetero) is 1. The maximum atomic E-state index is 12.8. The summed E-state index contributed by atoms with van der Waals surface area (Å²) in [4.78, 5) is 28.8. The Balaban J connectivity index is 3.10. The van der Waals surface area contributed by atoms with Gasteiger partial charge in [0.25, 0.3) is 0 Å². The van der Waals surface area contributed by atoms with Crippen molar-refractivity contribution in [2.45, 2.75) is 59.6 Å². The molecule has 1 heterocycles. The highest BCUT2D eigenvalue weighted by atomic mass is 16.6. The number of ether oxygens (including phenoxy) is 1. The van der Waals surface area contributed by atoms with E-state index in [1.807, 2.05) is 66.7 Å². The Morgan fingerprint density at radius 2 is 1.77 bits per heavy atom. The predicted octanol–water partition coefficient (Wildman–Crippen LogP) is 3.06. The second-order valence-corrected chi connectivity index (χ2v) is 8.17. The molecule has 1 unspecified atom stereocenters. The number of likely N-dealkylation sites (tertiary alicyclic amines) is 1. The van der Waals surface area contributed by atoms with Crippen LogP contribution in [0.1, 0.15) is 48.0 Å². The Morgan fingerprint density at radius 3 is 2.18 bits per heavy atom. The third-order valence-electron chi connectivity index (χ3n) is 3.36. The second-order valence-electron chi connectivity index (χ2n) is 8.17. The summed E-state index contributed by atoms with van der Waals surface area (Å²) >= 11 is 0. The molecule has 1 saturated heterocycles. The summed E-state index contributed by atoms with van der Waals surface area (Å²) in [6, 6.07) is -0.498. The van der Waals surface area contributed by atoms with E-state index in [0.29, 0.717) is 13.0 Å². The third-order valence-corrected chi connectivity index (χ3v) is 3.36. The fraction of sp³-hybridized carbons (Fsp3) is 0.765. The van der Waals surface area contributed by atoms with E-state index < -0.39 is 17.7 Å². The molecule has 1 amide bonds. The van der Waals surface area contributed by atoms with Gasteiger partial charge < -0.3 is 9.64 Å². The summed E-state index contributed by atoms with van der Waals surface area (Å²) in [6.45, 7) is 11.9. The van der Waals surface area contributed by atoms with Gasteiger partial charge in [-0.3, -0.25) is 9.69 Å². The number of piperidine rings is 1. The number of hydrogen-bond donors (Lipinski definition) is 0. The van der Waals surface area contributed by atoms with Crippen LogP contribution in [-0.2, 0) is 9.53 Å². The molecule has 22 heavy (non-hydrogen) atoms. The number of nitrogens with zero attached hydrogens (tertiary/aromatic N) is 2. The van der Waals surface area contributed by atoms with E-state index in [9.17, 15) is 9.59 Å². The SMILES string of the molecule is CN(C)C=C1CCN(C(=O)OC(C)(C)C)C(C(C)(C)C)C1=O. The number of amides is 1. The topological polar surface area (TPSA) is 49.9 Å². The maximum Gasteiger partial charge on any atom is 0.410 e. The van der Waals surface area contributed by atoms with Gasteiger partial charge in [-0.2, -0.15) is 0 Å². The zero-order chi connectivity index (χ0) is 17.3. The third kappa shape index (κ3) is 4.75. The minimum Gasteiger partial charge on any atom is -0.444 e. The van der Waals surface area contributed by atoms with E-state index in [2.05, 4.69) is 0 Å². The number of rotatable bonds is 1. The van der Waals surface area contributed by atoms with Crippen LogP contribution < -0.4 is 0 Å². The highest BCUT2D eigenvalue weighted by Crippen LogP contribution is 2.33. The summed E-state index contributed by atoms with van der Waals surface area (Å²) < 4.78 is 5.47. The molecule has 0 bridgehead atoms. The van der Waals surface area contributed by atoms with E-state index in [1.165, 1.54) is 0 Å². The smallest absolute Gasteiger partial charge is 0.410 e. The van der Waals surface area contributed by atoms with Crippen molar-refractivity contribution < 1.29 is 14.3 Å². The summed E-state index contributed by atoms with van der Waals surface area (Å²) in [5, 5.41) is 0. The molecule has 1 aliphatic rings. The van der Waals surface area contributed by atoms with Crippen molar-refractivity contribution in [3.05, 3.63) is 11.8 Å². The van der Waals surface area contributed by atoms with Gasteiger partial charge in [0, 0.05) is 32.4 Å². The van der Waals surface area contributed by atoms with E-state index in [-0.39, 0.29) is 11.2 Å². The summed E-state index contributed by atoms with van der Waals surface area (Å²) in [5.74, 6) is 0.0123. The number of hydrogen-bond acceptors (Lipinski definition) is 4. The second kappa shape index (κ2) is 6.31. The van der Waals surface area contributed by atoms with Gasteiger partial charge in [-0.25, -0.2) is 4.79 Å². The van der Waals surface area contributed by atoms with Crippen LogP contribution in [0.15, 0.2) is 11.8 Å². The van der Waals surface area contributed by atoms with E-state index in [1.54, 1.807) is 4.90 Å². The van der Waals surface area contributed by atoms with Crippen LogP contribution in [0.3, 0.4) is 0 Å². The maximum absolute atomic E-state index is 12.8. The van der Waals surface area contributed by atoms with Gasteiger partial charge in [-0.05, 0) is 32.6 Å². The normalized spacial score (nSPS) is 22.0. The Labute approximate surface area is 134 Å². The van der Waals surface area contributed by atoms with Crippen molar-refractivity contribution >= 4 is 11.9 Å². The quantitative estimate of drug-likeness (QED) is 0.699. The molecular formula is C17H30N2O3. The molecule has 0 N–H and O–H groups in total. The zero-order valence-electron chi connectivity index (χ0n) is 15.2. The van der Waals surface area contributed by atoms with Gasteiger partial charge in [0.15, 0.2) is 5.78 Å². The van der Waals surface area contributed by atoms with E-state index in [4.69, 9.17) is 4.74 Å². The number of carbonyl (C=O) groups excluding carboxylic acids is 2. The van der Waals surface area contributed by atoms with Crippen LogP contribution in [0, 0.1) is 5.41 Å². The highest BCUT2D eigenvalue weighted by molar-refractivity contribution is 6.02. The van der Waals surface area contributed by atoms with Crippen LogP contribution in [0.2, 0.25) is 0 Å². The first-order valence-corrected chi connectivity index (χ1v) is 7.74. The lowest BCUT2D eigenvalue weighted by atomic mass is 9.78. The predicted molar refractivity (Wildman–Crippen MR) is 87.6 cm³/mol. The number of carbonyl (C=O) groups is 2. The van der Waals surface area contributed by atoms with Gasteiger partial charge in [0.05, 0.1) is 0 Å². The van der Waals surface area contributed by atoms with Crippen LogP contribution in [0.5, 0.6) is 0 Å². The lowest BCUT2D eigenvalue weighted by molar-refractivity contribution is -0.126. The fourth-order valence-electron chi connectivity index (χ4n) is 2.63. The lowest BCUT2D eigenvalue weighted by Gasteiger charge is -2.43. The molecular weight excluding hydrogens is 280 g/mol. The molecule has 0 aromatic rings. The average molecular weight is 310 g/mol. The van der Waals surface area contributed by atoms with Crippen LogP contribution in [0.25, 0.3) is 0 Å². The van der Waals surface area contributed by atoms with E-state index >= 15 is 0 Å². The Hall–Kier alpha value is -1.52. The van der Waals surface area contributed by atoms with Gasteiger partial charge in [0.1, 0.15) is 11.6 Å². The van der Waals surface area contributed by atoms with Crippen molar-refractivity contribution in [1.29, 1.82) is 0 Å². The standard InChI is InChI=1S/C17H30N2O3/c1-16(2,3)14-13(20)12(11-18(7)8)9-10-19(14)15(21)22-17(4,5)6/h11,14H,9-10H2,1-8H3. The molecule has 0 saturated carbocycles. The molecule has 5 heteroatoms. The molecule has 1 fully saturated rings. The largest absolute Gasteiger partial charge is 0.444 e. The molecule has 0 radical (unpaired) electrons. The van der Waals surface area contributed by atoms with Crippen molar-refractivity contribution in [1.82, 2.24) is 9.80 Å². The molecule has 0 spiro atoms. The van der Waals surface area contributed by atoms with Crippen LogP contribution in [0.4, 0.5) is 4.79 Å². The molecule has 0 aliphatic carbocycles. The molecule has 126 valence electrons. The first-order chi connectivity index (χ1) is 9.83. The molecule has 1 atom stereocenters. The van der Waals surface area contributed by atoms with Crippen LogP contribution in [-0.4, -0.2) is 54.0 Å².